The van der Waals surface area contributed by atoms with Crippen molar-refractivity contribution in [2.75, 3.05) is 30.9 Å². The average molecular weight is 463 g/mol. The van der Waals surface area contributed by atoms with Gasteiger partial charge in [-0.1, -0.05) is 48.0 Å². The van der Waals surface area contributed by atoms with Crippen LogP contribution in [0.3, 0.4) is 0 Å². The standard InChI is InChI=1S/C27H31ClN4O/c1-32(2)25-17-26(31-24-10-6-4-8-22(24)25)30-21-14-11-19(12-15-21)18-29-27(33)16-13-20-7-3-5-9-23(20)28/h3-10,13,16-17,19,21H,11-12,14-15,18H2,1-2H3,(H,29,33)(H,30,31). The highest BCUT2D eigenvalue weighted by molar-refractivity contribution is 6.32. The van der Waals surface area contributed by atoms with Gasteiger partial charge in [0.05, 0.1) is 5.52 Å². The molecular formula is C27H31ClN4O. The molecule has 0 spiro atoms. The number of halogens is 1. The normalized spacial score (nSPS) is 18.4. The second kappa shape index (κ2) is 10.7. The number of para-hydroxylation sites is 1. The van der Waals surface area contributed by atoms with Gasteiger partial charge >= 0.3 is 0 Å². The summed E-state index contributed by atoms with van der Waals surface area (Å²) < 4.78 is 0. The topological polar surface area (TPSA) is 57.3 Å². The Morgan fingerprint density at radius 3 is 2.58 bits per heavy atom. The molecule has 1 aromatic heterocycles. The lowest BCUT2D eigenvalue weighted by atomic mass is 9.86. The molecule has 2 aromatic carbocycles. The molecule has 33 heavy (non-hydrogen) atoms. The molecule has 172 valence electrons. The van der Waals surface area contributed by atoms with Gasteiger partial charge in [0.1, 0.15) is 5.82 Å². The molecule has 5 nitrogen and oxygen atoms in total. The number of pyridine rings is 1. The van der Waals surface area contributed by atoms with E-state index < -0.39 is 0 Å². The number of amides is 1. The number of aromatic nitrogens is 1. The van der Waals surface area contributed by atoms with Crippen LogP contribution in [0.25, 0.3) is 17.0 Å². The molecule has 0 unspecified atom stereocenters. The van der Waals surface area contributed by atoms with Crippen molar-refractivity contribution in [3.8, 4) is 0 Å². The summed E-state index contributed by atoms with van der Waals surface area (Å²) in [6.45, 7) is 0.706. The monoisotopic (exact) mass is 462 g/mol. The van der Waals surface area contributed by atoms with Crippen LogP contribution in [0.2, 0.25) is 5.02 Å². The van der Waals surface area contributed by atoms with Crippen LogP contribution in [0, 0.1) is 5.92 Å². The molecule has 6 heteroatoms. The van der Waals surface area contributed by atoms with E-state index in [2.05, 4.69) is 53.9 Å². The highest BCUT2D eigenvalue weighted by atomic mass is 35.5. The first kappa shape index (κ1) is 23.1. The van der Waals surface area contributed by atoms with Crippen molar-refractivity contribution < 1.29 is 4.79 Å². The summed E-state index contributed by atoms with van der Waals surface area (Å²) in [6, 6.07) is 18.3. The highest BCUT2D eigenvalue weighted by Crippen LogP contribution is 2.30. The van der Waals surface area contributed by atoms with Gasteiger partial charge in [0.2, 0.25) is 5.91 Å². The number of carbonyl (C=O) groups excluding carboxylic acids is 1. The Bertz CT molecular complexity index is 1140. The van der Waals surface area contributed by atoms with Crippen LogP contribution in [-0.4, -0.2) is 37.6 Å². The Kier molecular flexibility index (Phi) is 7.50. The largest absolute Gasteiger partial charge is 0.377 e. The van der Waals surface area contributed by atoms with E-state index in [-0.39, 0.29) is 5.91 Å². The predicted octanol–water partition coefficient (Wildman–Crippen LogP) is 5.75. The predicted molar refractivity (Wildman–Crippen MR) is 139 cm³/mol. The van der Waals surface area contributed by atoms with Crippen LogP contribution in [-0.2, 0) is 4.79 Å². The summed E-state index contributed by atoms with van der Waals surface area (Å²) in [5.74, 6) is 1.35. The lowest BCUT2D eigenvalue weighted by Crippen LogP contribution is -2.33. The van der Waals surface area contributed by atoms with Crippen molar-refractivity contribution in [1.82, 2.24) is 10.3 Å². The van der Waals surface area contributed by atoms with Crippen molar-refractivity contribution in [1.29, 1.82) is 0 Å². The molecule has 4 rings (SSSR count). The zero-order valence-electron chi connectivity index (χ0n) is 19.2. The number of carbonyl (C=O) groups is 1. The quantitative estimate of drug-likeness (QED) is 0.438. The number of fused-ring (bicyclic) bond motifs is 1. The second-order valence-electron chi connectivity index (χ2n) is 8.90. The molecule has 1 heterocycles. The molecule has 1 amide bonds. The molecule has 0 radical (unpaired) electrons. The summed E-state index contributed by atoms with van der Waals surface area (Å²) in [5, 5.41) is 8.50. The zero-order valence-corrected chi connectivity index (χ0v) is 20.0. The van der Waals surface area contributed by atoms with E-state index in [1.807, 2.05) is 30.3 Å². The fourth-order valence-corrected chi connectivity index (χ4v) is 4.60. The molecule has 1 aliphatic carbocycles. The van der Waals surface area contributed by atoms with Crippen LogP contribution in [0.1, 0.15) is 31.2 Å². The maximum atomic E-state index is 12.2. The third-order valence-electron chi connectivity index (χ3n) is 6.26. The van der Waals surface area contributed by atoms with Crippen LogP contribution in [0.5, 0.6) is 0 Å². The van der Waals surface area contributed by atoms with E-state index in [9.17, 15) is 4.79 Å². The van der Waals surface area contributed by atoms with Crippen molar-refractivity contribution >= 4 is 46.0 Å². The van der Waals surface area contributed by atoms with E-state index in [4.69, 9.17) is 16.6 Å². The van der Waals surface area contributed by atoms with Gasteiger partial charge in [-0.2, -0.15) is 0 Å². The molecule has 0 saturated heterocycles. The maximum Gasteiger partial charge on any atom is 0.244 e. The van der Waals surface area contributed by atoms with Gasteiger partial charge in [0, 0.05) is 54.9 Å². The number of nitrogens with one attached hydrogen (secondary N) is 2. The lowest BCUT2D eigenvalue weighted by Gasteiger charge is -2.30. The Morgan fingerprint density at radius 1 is 1.09 bits per heavy atom. The second-order valence-corrected chi connectivity index (χ2v) is 9.31. The fraction of sp³-hybridized carbons (Fsp3) is 0.333. The fourth-order valence-electron chi connectivity index (χ4n) is 4.40. The third-order valence-corrected chi connectivity index (χ3v) is 6.60. The molecule has 1 saturated carbocycles. The number of anilines is 2. The van der Waals surface area contributed by atoms with E-state index in [1.165, 1.54) is 5.69 Å². The number of nitrogens with zero attached hydrogens (tertiary/aromatic N) is 2. The van der Waals surface area contributed by atoms with Crippen molar-refractivity contribution in [2.45, 2.75) is 31.7 Å². The number of hydrogen-bond acceptors (Lipinski definition) is 4. The maximum absolute atomic E-state index is 12.2. The van der Waals surface area contributed by atoms with Crippen LogP contribution >= 0.6 is 11.6 Å². The molecule has 2 N–H and O–H groups in total. The summed E-state index contributed by atoms with van der Waals surface area (Å²) in [5.41, 5.74) is 3.03. The first-order valence-electron chi connectivity index (χ1n) is 11.5. The van der Waals surface area contributed by atoms with E-state index in [1.54, 1.807) is 12.2 Å². The summed E-state index contributed by atoms with van der Waals surface area (Å²) in [6.07, 6.45) is 7.63. The average Bonchev–Trinajstić information content (AvgIpc) is 2.82. The molecule has 0 atom stereocenters. The van der Waals surface area contributed by atoms with E-state index in [0.717, 1.165) is 48.0 Å². The van der Waals surface area contributed by atoms with Gasteiger partial charge in [-0.3, -0.25) is 4.79 Å². The van der Waals surface area contributed by atoms with Crippen LogP contribution < -0.4 is 15.5 Å². The van der Waals surface area contributed by atoms with Crippen molar-refractivity contribution in [3.63, 3.8) is 0 Å². The minimum atomic E-state index is -0.0771. The SMILES string of the molecule is CN(C)c1cc(NC2CCC(CNC(=O)C=Cc3ccccc3Cl)CC2)nc2ccccc12. The Morgan fingerprint density at radius 2 is 1.82 bits per heavy atom. The molecule has 1 fully saturated rings. The number of rotatable bonds is 7. The van der Waals surface area contributed by atoms with Crippen molar-refractivity contribution in [3.05, 3.63) is 71.3 Å². The van der Waals surface area contributed by atoms with Crippen molar-refractivity contribution in [2.24, 2.45) is 5.92 Å². The number of hydrogen-bond donors (Lipinski definition) is 2. The number of benzene rings is 2. The smallest absolute Gasteiger partial charge is 0.244 e. The summed E-state index contributed by atoms with van der Waals surface area (Å²) in [4.78, 5) is 19.2. The van der Waals surface area contributed by atoms with Gasteiger partial charge in [-0.25, -0.2) is 4.98 Å². The third kappa shape index (κ3) is 6.05. The van der Waals surface area contributed by atoms with Crippen LogP contribution in [0.15, 0.2) is 60.7 Å². The van der Waals surface area contributed by atoms with Gasteiger partial charge in [-0.05, 0) is 55.4 Å². The highest BCUT2D eigenvalue weighted by Gasteiger charge is 2.22. The van der Waals surface area contributed by atoms with E-state index >= 15 is 0 Å². The minimum absolute atomic E-state index is 0.0771. The van der Waals surface area contributed by atoms with Gasteiger partial charge < -0.3 is 15.5 Å². The van der Waals surface area contributed by atoms with Gasteiger partial charge in [0.15, 0.2) is 0 Å². The van der Waals surface area contributed by atoms with Gasteiger partial charge in [-0.15, -0.1) is 0 Å². The van der Waals surface area contributed by atoms with Gasteiger partial charge in [0.25, 0.3) is 0 Å². The zero-order chi connectivity index (χ0) is 23.2. The minimum Gasteiger partial charge on any atom is -0.377 e. The molecule has 0 bridgehead atoms. The Labute approximate surface area is 200 Å². The Hall–Kier alpha value is -3.05. The van der Waals surface area contributed by atoms with Crippen LogP contribution in [0.4, 0.5) is 11.5 Å². The molecule has 0 aliphatic heterocycles. The molecule has 3 aromatic rings. The molecule has 1 aliphatic rings. The lowest BCUT2D eigenvalue weighted by molar-refractivity contribution is -0.116. The Balaban J connectivity index is 1.27. The molecular weight excluding hydrogens is 432 g/mol. The summed E-state index contributed by atoms with van der Waals surface area (Å²) in [7, 11) is 4.13. The first-order valence-corrected chi connectivity index (χ1v) is 11.9. The van der Waals surface area contributed by atoms with E-state index in [0.29, 0.717) is 23.5 Å². The first-order chi connectivity index (χ1) is 16.0. The summed E-state index contributed by atoms with van der Waals surface area (Å²) >= 11 is 6.14.